The van der Waals surface area contributed by atoms with Crippen LogP contribution in [0.15, 0.2) is 17.6 Å². The van der Waals surface area contributed by atoms with Crippen molar-refractivity contribution < 1.29 is 9.59 Å². The molecule has 0 aromatic rings. The van der Waals surface area contributed by atoms with Gasteiger partial charge in [-0.3, -0.25) is 9.79 Å². The number of rotatable bonds is 1. The maximum atomic E-state index is 11.1. The predicted molar refractivity (Wildman–Crippen MR) is 43.8 cm³/mol. The highest BCUT2D eigenvalue weighted by molar-refractivity contribution is 6.19. The van der Waals surface area contributed by atoms with Crippen LogP contribution in [0.5, 0.6) is 0 Å². The van der Waals surface area contributed by atoms with E-state index in [1.165, 1.54) is 13.1 Å². The lowest BCUT2D eigenvalue weighted by molar-refractivity contribution is -0.122. The Balaban J connectivity index is 2.92. The van der Waals surface area contributed by atoms with Crippen LogP contribution in [0.1, 0.15) is 0 Å². The Hall–Kier alpha value is -1.65. The van der Waals surface area contributed by atoms with Crippen molar-refractivity contribution in [1.29, 1.82) is 0 Å². The van der Waals surface area contributed by atoms with E-state index in [2.05, 4.69) is 16.9 Å². The first-order valence-corrected chi connectivity index (χ1v) is 3.40. The number of carbonyl (C=O) groups is 2. The summed E-state index contributed by atoms with van der Waals surface area (Å²) in [7, 11) is 1.50. The van der Waals surface area contributed by atoms with Crippen molar-refractivity contribution >= 4 is 17.8 Å². The van der Waals surface area contributed by atoms with Crippen LogP contribution < -0.4 is 5.32 Å². The van der Waals surface area contributed by atoms with Gasteiger partial charge in [0.25, 0.3) is 5.91 Å². The van der Waals surface area contributed by atoms with Crippen LogP contribution >= 0.6 is 0 Å². The molecule has 12 heavy (non-hydrogen) atoms. The second-order valence-electron chi connectivity index (χ2n) is 2.17. The summed E-state index contributed by atoms with van der Waals surface area (Å²) in [5, 5.41) is 2.38. The summed E-state index contributed by atoms with van der Waals surface area (Å²) in [6.07, 6.45) is 1.36. The lowest BCUT2D eigenvalue weighted by Crippen LogP contribution is -2.35. The Morgan fingerprint density at radius 1 is 1.75 bits per heavy atom. The van der Waals surface area contributed by atoms with Crippen LogP contribution in [0, 0.1) is 0 Å². The van der Waals surface area contributed by atoms with Crippen molar-refractivity contribution in [2.75, 3.05) is 13.6 Å². The van der Waals surface area contributed by atoms with Gasteiger partial charge in [-0.25, -0.2) is 9.69 Å². The van der Waals surface area contributed by atoms with Crippen LogP contribution in [0.3, 0.4) is 0 Å². The fourth-order valence-corrected chi connectivity index (χ4v) is 0.937. The summed E-state index contributed by atoms with van der Waals surface area (Å²) in [5.41, 5.74) is 0. The van der Waals surface area contributed by atoms with Gasteiger partial charge in [-0.2, -0.15) is 0 Å². The molecular formula is C7H9N3O2. The van der Waals surface area contributed by atoms with E-state index in [1.54, 1.807) is 0 Å². The topological polar surface area (TPSA) is 61.8 Å². The van der Waals surface area contributed by atoms with Crippen molar-refractivity contribution in [2.45, 2.75) is 0 Å². The van der Waals surface area contributed by atoms with Crippen molar-refractivity contribution in [3.63, 3.8) is 0 Å². The largest absolute Gasteiger partial charge is 0.330 e. The van der Waals surface area contributed by atoms with Crippen molar-refractivity contribution in [1.82, 2.24) is 10.2 Å². The second kappa shape index (κ2) is 3.17. The molecule has 0 saturated carbocycles. The number of amidine groups is 1. The molecule has 5 nitrogen and oxygen atoms in total. The van der Waals surface area contributed by atoms with E-state index in [0.717, 1.165) is 4.90 Å². The average molecular weight is 167 g/mol. The Morgan fingerprint density at radius 3 is 2.75 bits per heavy atom. The second-order valence-corrected chi connectivity index (χ2v) is 2.17. The minimum atomic E-state index is -0.444. The number of aliphatic imine (C=N–C) groups is 1. The molecule has 1 aliphatic heterocycles. The van der Waals surface area contributed by atoms with Crippen molar-refractivity contribution in [3.8, 4) is 0 Å². The van der Waals surface area contributed by atoms with Gasteiger partial charge >= 0.3 is 6.03 Å². The molecule has 5 heteroatoms. The normalized spacial score (nSPS) is 18.1. The molecule has 1 rings (SSSR count). The first-order valence-electron chi connectivity index (χ1n) is 3.40. The van der Waals surface area contributed by atoms with Crippen LogP contribution in [-0.4, -0.2) is 36.3 Å². The molecule has 3 amide bonds. The third-order valence-electron chi connectivity index (χ3n) is 1.48. The number of carbonyl (C=O) groups excluding carboxylic acids is 2. The van der Waals surface area contributed by atoms with Gasteiger partial charge < -0.3 is 5.32 Å². The number of nitrogens with zero attached hydrogens (tertiary/aromatic N) is 2. The summed E-state index contributed by atoms with van der Waals surface area (Å²) in [4.78, 5) is 26.8. The maximum Gasteiger partial charge on any atom is 0.330 e. The lowest BCUT2D eigenvalue weighted by atomic mass is 10.4. The lowest BCUT2D eigenvalue weighted by Gasteiger charge is -2.10. The maximum absolute atomic E-state index is 11.1. The van der Waals surface area contributed by atoms with Gasteiger partial charge in [-0.15, -0.1) is 0 Å². The molecule has 0 aliphatic carbocycles. The minimum absolute atomic E-state index is 0.0334. The van der Waals surface area contributed by atoms with E-state index in [4.69, 9.17) is 0 Å². The summed E-state index contributed by atoms with van der Waals surface area (Å²) in [5.74, 6) is -0.0319. The quantitative estimate of drug-likeness (QED) is 0.332. The van der Waals surface area contributed by atoms with Gasteiger partial charge in [-0.05, 0) is 6.08 Å². The summed E-state index contributed by atoms with van der Waals surface area (Å²) in [6, 6.07) is -0.444. The molecule has 1 aliphatic rings. The van der Waals surface area contributed by atoms with Gasteiger partial charge in [0, 0.05) is 7.05 Å². The Bertz CT molecular complexity index is 254. The predicted octanol–water partition coefficient (Wildman–Crippen LogP) is -0.247. The van der Waals surface area contributed by atoms with Gasteiger partial charge in [-0.1, -0.05) is 6.58 Å². The third-order valence-corrected chi connectivity index (χ3v) is 1.48. The number of urea groups is 1. The van der Waals surface area contributed by atoms with Crippen molar-refractivity contribution in [2.24, 2.45) is 4.99 Å². The monoisotopic (exact) mass is 167 g/mol. The SMILES string of the molecule is C=C/C(=N\C)N1C(=O)CNC1=O. The average Bonchev–Trinajstić information content (AvgIpc) is 2.38. The number of hydrogen-bond donors (Lipinski definition) is 1. The van der Waals surface area contributed by atoms with Crippen molar-refractivity contribution in [3.05, 3.63) is 12.7 Å². The van der Waals surface area contributed by atoms with Crippen LogP contribution in [0.25, 0.3) is 0 Å². The summed E-state index contributed by atoms with van der Waals surface area (Å²) in [6.45, 7) is 3.47. The Labute approximate surface area is 69.8 Å². The molecule has 0 radical (unpaired) electrons. The Morgan fingerprint density at radius 2 is 2.42 bits per heavy atom. The zero-order valence-corrected chi connectivity index (χ0v) is 6.70. The van der Waals surface area contributed by atoms with Crippen LogP contribution in [0.2, 0.25) is 0 Å². The van der Waals surface area contributed by atoms with Gasteiger partial charge in [0.1, 0.15) is 5.84 Å². The number of imide groups is 1. The Kier molecular flexibility index (Phi) is 2.23. The van der Waals surface area contributed by atoms with E-state index in [0.29, 0.717) is 0 Å². The van der Waals surface area contributed by atoms with E-state index in [9.17, 15) is 9.59 Å². The van der Waals surface area contributed by atoms with E-state index < -0.39 is 6.03 Å². The molecule has 0 aromatic heterocycles. The first kappa shape index (κ1) is 8.45. The molecule has 1 N–H and O–H groups in total. The van der Waals surface area contributed by atoms with Gasteiger partial charge in [0.15, 0.2) is 0 Å². The highest BCUT2D eigenvalue weighted by Gasteiger charge is 2.30. The van der Waals surface area contributed by atoms with E-state index in [1.807, 2.05) is 0 Å². The van der Waals surface area contributed by atoms with Gasteiger partial charge in [0.2, 0.25) is 0 Å². The summed E-state index contributed by atoms with van der Waals surface area (Å²) >= 11 is 0. The van der Waals surface area contributed by atoms with E-state index in [-0.39, 0.29) is 18.3 Å². The third kappa shape index (κ3) is 1.20. The molecule has 0 bridgehead atoms. The molecule has 1 saturated heterocycles. The molecule has 64 valence electrons. The standard InChI is InChI=1S/C7H9N3O2/c1-3-5(8-2)10-6(11)4-9-7(10)12/h3H,1,4H2,2H3,(H,9,12)/b8-5+. The molecule has 0 aromatic carbocycles. The number of hydrogen-bond acceptors (Lipinski definition) is 3. The molecule has 0 spiro atoms. The fourth-order valence-electron chi connectivity index (χ4n) is 0.937. The molecular weight excluding hydrogens is 158 g/mol. The van der Waals surface area contributed by atoms with Crippen LogP contribution in [0.4, 0.5) is 4.79 Å². The zero-order valence-electron chi connectivity index (χ0n) is 6.70. The van der Waals surface area contributed by atoms with E-state index >= 15 is 0 Å². The first-order chi connectivity index (χ1) is 5.70. The number of nitrogens with one attached hydrogen (secondary N) is 1. The smallest absolute Gasteiger partial charge is 0.328 e. The van der Waals surface area contributed by atoms with Gasteiger partial charge in [0.05, 0.1) is 6.54 Å². The number of amides is 3. The molecule has 1 heterocycles. The molecule has 1 fully saturated rings. The highest BCUT2D eigenvalue weighted by Crippen LogP contribution is 2.01. The summed E-state index contributed by atoms with van der Waals surface area (Å²) < 4.78 is 0. The van der Waals surface area contributed by atoms with Crippen LogP contribution in [-0.2, 0) is 4.79 Å². The molecule has 0 unspecified atom stereocenters. The minimum Gasteiger partial charge on any atom is -0.328 e. The zero-order chi connectivity index (χ0) is 9.14. The fraction of sp³-hybridized carbons (Fsp3) is 0.286. The highest BCUT2D eigenvalue weighted by atomic mass is 16.2. The molecule has 0 atom stereocenters.